The van der Waals surface area contributed by atoms with Crippen molar-refractivity contribution in [1.82, 2.24) is 5.16 Å². The van der Waals surface area contributed by atoms with Crippen LogP contribution in [0.2, 0.25) is 0 Å². The molecular formula is C17H19N3O6S. The van der Waals surface area contributed by atoms with Crippen LogP contribution >= 0.6 is 11.8 Å². The number of anilines is 2. The number of rotatable bonds is 9. The van der Waals surface area contributed by atoms with Crippen molar-refractivity contribution in [2.45, 2.75) is 6.92 Å². The SMILES string of the molecule is COc1ccc(NC(=O)COC(=O)CSCC(=O)Nc2cc(C)on2)cc1. The van der Waals surface area contributed by atoms with E-state index in [4.69, 9.17) is 14.0 Å². The number of benzene rings is 1. The minimum atomic E-state index is -0.588. The Labute approximate surface area is 159 Å². The molecule has 9 nitrogen and oxygen atoms in total. The summed E-state index contributed by atoms with van der Waals surface area (Å²) < 4.78 is 14.7. The number of esters is 1. The summed E-state index contributed by atoms with van der Waals surface area (Å²) in [4.78, 5) is 35.1. The molecule has 0 radical (unpaired) electrons. The summed E-state index contributed by atoms with van der Waals surface area (Å²) in [6, 6.07) is 8.32. The number of aromatic nitrogens is 1. The van der Waals surface area contributed by atoms with Crippen LogP contribution in [0, 0.1) is 6.92 Å². The highest BCUT2D eigenvalue weighted by atomic mass is 32.2. The number of carbonyl (C=O) groups is 3. The number of aryl methyl sites for hydroxylation is 1. The molecule has 2 N–H and O–H groups in total. The first-order valence-electron chi connectivity index (χ1n) is 7.86. The van der Waals surface area contributed by atoms with Gasteiger partial charge in [-0.15, -0.1) is 11.8 Å². The highest BCUT2D eigenvalue weighted by Crippen LogP contribution is 2.14. The molecule has 1 heterocycles. The standard InChI is InChI=1S/C17H19N3O6S/c1-11-7-14(20-26-11)19-16(22)9-27-10-17(23)25-8-15(21)18-12-3-5-13(24-2)6-4-12/h3-7H,8-10H2,1-2H3,(H,18,21)(H,19,20,22). The second kappa shape index (κ2) is 10.2. The average molecular weight is 393 g/mol. The zero-order valence-electron chi connectivity index (χ0n) is 14.8. The summed E-state index contributed by atoms with van der Waals surface area (Å²) in [7, 11) is 1.55. The third-order valence-corrected chi connectivity index (χ3v) is 3.99. The normalized spacial score (nSPS) is 10.1. The average Bonchev–Trinajstić information content (AvgIpc) is 3.05. The number of ether oxygens (including phenoxy) is 2. The molecule has 2 rings (SSSR count). The van der Waals surface area contributed by atoms with E-state index < -0.39 is 18.5 Å². The largest absolute Gasteiger partial charge is 0.497 e. The van der Waals surface area contributed by atoms with Crippen molar-refractivity contribution >= 4 is 41.1 Å². The lowest BCUT2D eigenvalue weighted by molar-refractivity contribution is -0.144. The van der Waals surface area contributed by atoms with Crippen molar-refractivity contribution in [2.75, 3.05) is 35.9 Å². The van der Waals surface area contributed by atoms with Crippen LogP contribution in [0.25, 0.3) is 0 Å². The molecule has 1 aromatic heterocycles. The van der Waals surface area contributed by atoms with Crippen LogP contribution in [0.3, 0.4) is 0 Å². The Kier molecular flexibility index (Phi) is 7.68. The number of methoxy groups -OCH3 is 1. The quantitative estimate of drug-likeness (QED) is 0.620. The van der Waals surface area contributed by atoms with Gasteiger partial charge in [0.05, 0.1) is 18.6 Å². The number of hydrogen-bond donors (Lipinski definition) is 2. The molecule has 0 saturated carbocycles. The van der Waals surface area contributed by atoms with Gasteiger partial charge in [0, 0.05) is 11.8 Å². The third kappa shape index (κ3) is 7.40. The lowest BCUT2D eigenvalue weighted by Crippen LogP contribution is -2.22. The molecule has 0 saturated heterocycles. The van der Waals surface area contributed by atoms with Crippen LogP contribution in [-0.4, -0.2) is 48.2 Å². The maximum absolute atomic E-state index is 11.8. The predicted octanol–water partition coefficient (Wildman–Crippen LogP) is 1.85. The second-order valence-electron chi connectivity index (χ2n) is 5.30. The van der Waals surface area contributed by atoms with E-state index in [1.807, 2.05) is 0 Å². The summed E-state index contributed by atoms with van der Waals surface area (Å²) in [5.74, 6) is 0.176. The topological polar surface area (TPSA) is 120 Å². The molecule has 0 aliphatic heterocycles. The fourth-order valence-corrected chi connectivity index (χ4v) is 2.50. The van der Waals surface area contributed by atoms with E-state index in [-0.39, 0.29) is 17.4 Å². The Hall–Kier alpha value is -3.01. The predicted molar refractivity (Wildman–Crippen MR) is 99.8 cm³/mol. The van der Waals surface area contributed by atoms with Gasteiger partial charge in [-0.25, -0.2) is 0 Å². The summed E-state index contributed by atoms with van der Waals surface area (Å²) in [5, 5.41) is 8.76. The number of nitrogens with zero attached hydrogens (tertiary/aromatic N) is 1. The molecule has 0 unspecified atom stereocenters. The molecule has 0 spiro atoms. The van der Waals surface area contributed by atoms with E-state index in [1.165, 1.54) is 0 Å². The highest BCUT2D eigenvalue weighted by molar-refractivity contribution is 8.00. The Balaban J connectivity index is 1.60. The molecule has 144 valence electrons. The van der Waals surface area contributed by atoms with E-state index in [9.17, 15) is 14.4 Å². The number of hydrogen-bond acceptors (Lipinski definition) is 8. The van der Waals surface area contributed by atoms with Crippen LogP contribution < -0.4 is 15.4 Å². The van der Waals surface area contributed by atoms with Crippen molar-refractivity contribution in [2.24, 2.45) is 0 Å². The van der Waals surface area contributed by atoms with Gasteiger partial charge in [-0.05, 0) is 31.2 Å². The van der Waals surface area contributed by atoms with E-state index in [0.29, 0.717) is 23.0 Å². The van der Waals surface area contributed by atoms with Gasteiger partial charge >= 0.3 is 5.97 Å². The maximum atomic E-state index is 11.8. The van der Waals surface area contributed by atoms with Crippen molar-refractivity contribution in [3.8, 4) is 5.75 Å². The molecular weight excluding hydrogens is 374 g/mol. The van der Waals surface area contributed by atoms with Crippen molar-refractivity contribution < 1.29 is 28.4 Å². The van der Waals surface area contributed by atoms with Crippen molar-refractivity contribution in [1.29, 1.82) is 0 Å². The zero-order chi connectivity index (χ0) is 19.6. The Bertz CT molecular complexity index is 790. The van der Waals surface area contributed by atoms with Gasteiger partial charge in [-0.2, -0.15) is 0 Å². The van der Waals surface area contributed by atoms with Gasteiger partial charge in [0.2, 0.25) is 5.91 Å². The third-order valence-electron chi connectivity index (χ3n) is 3.09. The molecule has 27 heavy (non-hydrogen) atoms. The minimum Gasteiger partial charge on any atom is -0.497 e. The smallest absolute Gasteiger partial charge is 0.316 e. The fraction of sp³-hybridized carbons (Fsp3) is 0.294. The molecule has 0 atom stereocenters. The first-order valence-corrected chi connectivity index (χ1v) is 9.02. The maximum Gasteiger partial charge on any atom is 0.316 e. The molecule has 0 aliphatic carbocycles. The van der Waals surface area contributed by atoms with Crippen LogP contribution in [0.4, 0.5) is 11.5 Å². The molecule has 10 heteroatoms. The Morgan fingerprint density at radius 1 is 1.11 bits per heavy atom. The van der Waals surface area contributed by atoms with E-state index >= 15 is 0 Å². The first kappa shape index (κ1) is 20.3. The molecule has 0 aliphatic rings. The summed E-state index contributed by atoms with van der Waals surface area (Å²) in [5.41, 5.74) is 0.561. The van der Waals surface area contributed by atoms with Crippen LogP contribution in [0.5, 0.6) is 5.75 Å². The van der Waals surface area contributed by atoms with Gasteiger partial charge in [-0.3, -0.25) is 14.4 Å². The molecule has 2 aromatic rings. The van der Waals surface area contributed by atoms with Gasteiger partial charge < -0.3 is 24.6 Å². The monoisotopic (exact) mass is 393 g/mol. The van der Waals surface area contributed by atoms with Crippen LogP contribution in [0.15, 0.2) is 34.9 Å². The highest BCUT2D eigenvalue weighted by Gasteiger charge is 2.11. The van der Waals surface area contributed by atoms with E-state index in [1.54, 1.807) is 44.4 Å². The second-order valence-corrected chi connectivity index (χ2v) is 6.29. The number of nitrogens with one attached hydrogen (secondary N) is 2. The lowest BCUT2D eigenvalue weighted by atomic mass is 10.3. The number of amides is 2. The summed E-state index contributed by atoms with van der Waals surface area (Å²) >= 11 is 1.06. The van der Waals surface area contributed by atoms with Crippen LogP contribution in [-0.2, 0) is 19.1 Å². The fourth-order valence-electron chi connectivity index (χ4n) is 1.89. The molecule has 0 bridgehead atoms. The molecule has 2 amide bonds. The van der Waals surface area contributed by atoms with Gasteiger partial charge in [0.25, 0.3) is 5.91 Å². The summed E-state index contributed by atoms with van der Waals surface area (Å²) in [6.45, 7) is 1.30. The van der Waals surface area contributed by atoms with Crippen LogP contribution in [0.1, 0.15) is 5.76 Å². The van der Waals surface area contributed by atoms with E-state index in [0.717, 1.165) is 11.8 Å². The van der Waals surface area contributed by atoms with Gasteiger partial charge in [-0.1, -0.05) is 5.16 Å². The minimum absolute atomic E-state index is 0.0407. The van der Waals surface area contributed by atoms with E-state index in [2.05, 4.69) is 15.8 Å². The van der Waals surface area contributed by atoms with Gasteiger partial charge in [0.1, 0.15) is 11.5 Å². The number of thioether (sulfide) groups is 1. The van der Waals surface area contributed by atoms with Crippen molar-refractivity contribution in [3.63, 3.8) is 0 Å². The number of carbonyl (C=O) groups excluding carboxylic acids is 3. The van der Waals surface area contributed by atoms with Gasteiger partial charge in [0.15, 0.2) is 12.4 Å². The Morgan fingerprint density at radius 2 is 1.85 bits per heavy atom. The molecule has 1 aromatic carbocycles. The molecule has 0 fully saturated rings. The van der Waals surface area contributed by atoms with Crippen molar-refractivity contribution in [3.05, 3.63) is 36.1 Å². The summed E-state index contributed by atoms with van der Waals surface area (Å²) in [6.07, 6.45) is 0. The zero-order valence-corrected chi connectivity index (χ0v) is 15.6. The first-order chi connectivity index (χ1) is 13.0. The lowest BCUT2D eigenvalue weighted by Gasteiger charge is -2.07. The Morgan fingerprint density at radius 3 is 2.48 bits per heavy atom.